The fraction of sp³-hybridized carbons (Fsp3) is 0.278. The van der Waals surface area contributed by atoms with E-state index in [2.05, 4.69) is 21.9 Å². The molecular weight excluding hydrogens is 302 g/mol. The Balaban J connectivity index is 1.70. The SMILES string of the molecule is CN1CCN(C(=O)c2cn3ccnc(-c4ccccc4)c3n2)CC1. The predicted octanol–water partition coefficient (Wildman–Crippen LogP) is 1.78. The van der Waals surface area contributed by atoms with E-state index in [4.69, 9.17) is 0 Å². The van der Waals surface area contributed by atoms with E-state index in [0.29, 0.717) is 11.3 Å². The Kier molecular flexibility index (Phi) is 3.74. The van der Waals surface area contributed by atoms with Crippen molar-refractivity contribution in [3.8, 4) is 11.3 Å². The fourth-order valence-electron chi connectivity index (χ4n) is 2.99. The van der Waals surface area contributed by atoms with Crippen LogP contribution in [-0.2, 0) is 0 Å². The average Bonchev–Trinajstić information content (AvgIpc) is 3.06. The summed E-state index contributed by atoms with van der Waals surface area (Å²) in [6.45, 7) is 3.28. The van der Waals surface area contributed by atoms with Crippen LogP contribution in [0.5, 0.6) is 0 Å². The minimum Gasteiger partial charge on any atom is -0.335 e. The summed E-state index contributed by atoms with van der Waals surface area (Å²) in [6, 6.07) is 9.91. The summed E-state index contributed by atoms with van der Waals surface area (Å²) < 4.78 is 1.87. The van der Waals surface area contributed by atoms with Crippen molar-refractivity contribution in [3.05, 3.63) is 54.6 Å². The molecule has 1 amide bonds. The van der Waals surface area contributed by atoms with Gasteiger partial charge < -0.3 is 14.2 Å². The second kappa shape index (κ2) is 6.05. The van der Waals surface area contributed by atoms with Crippen LogP contribution in [0.25, 0.3) is 16.9 Å². The van der Waals surface area contributed by atoms with Crippen LogP contribution in [0, 0.1) is 0 Å². The van der Waals surface area contributed by atoms with Gasteiger partial charge >= 0.3 is 0 Å². The van der Waals surface area contributed by atoms with E-state index in [1.54, 1.807) is 12.4 Å². The van der Waals surface area contributed by atoms with Gasteiger partial charge in [0.15, 0.2) is 5.65 Å². The fourth-order valence-corrected chi connectivity index (χ4v) is 2.99. The van der Waals surface area contributed by atoms with E-state index in [0.717, 1.165) is 37.4 Å². The quantitative estimate of drug-likeness (QED) is 0.722. The molecule has 2 aromatic heterocycles. The highest BCUT2D eigenvalue weighted by Crippen LogP contribution is 2.21. The minimum atomic E-state index is -0.00851. The van der Waals surface area contributed by atoms with E-state index in [1.807, 2.05) is 45.8 Å². The van der Waals surface area contributed by atoms with Crippen LogP contribution in [0.3, 0.4) is 0 Å². The highest BCUT2D eigenvalue weighted by atomic mass is 16.2. The number of likely N-dealkylation sites (N-methyl/N-ethyl adjacent to an activating group) is 1. The Bertz CT molecular complexity index is 866. The van der Waals surface area contributed by atoms with Crippen LogP contribution in [-0.4, -0.2) is 63.3 Å². The minimum absolute atomic E-state index is 0.00851. The smallest absolute Gasteiger partial charge is 0.274 e. The van der Waals surface area contributed by atoms with E-state index >= 15 is 0 Å². The monoisotopic (exact) mass is 321 g/mol. The molecule has 0 radical (unpaired) electrons. The van der Waals surface area contributed by atoms with Crippen molar-refractivity contribution in [1.82, 2.24) is 24.2 Å². The summed E-state index contributed by atoms with van der Waals surface area (Å²) in [7, 11) is 2.07. The van der Waals surface area contributed by atoms with Gasteiger partial charge in [0.05, 0.1) is 0 Å². The standard InChI is InChI=1S/C18H19N5O/c1-21-9-11-22(12-10-21)18(24)15-13-23-8-7-19-16(17(23)20-15)14-5-3-2-4-6-14/h2-8,13H,9-12H2,1H3. The molecule has 6 nitrogen and oxygen atoms in total. The molecule has 1 fully saturated rings. The molecule has 0 saturated carbocycles. The number of nitrogens with zero attached hydrogens (tertiary/aromatic N) is 5. The van der Waals surface area contributed by atoms with E-state index < -0.39 is 0 Å². The van der Waals surface area contributed by atoms with E-state index in [-0.39, 0.29) is 5.91 Å². The van der Waals surface area contributed by atoms with Crippen molar-refractivity contribution in [2.45, 2.75) is 0 Å². The van der Waals surface area contributed by atoms with Crippen molar-refractivity contribution in [2.24, 2.45) is 0 Å². The molecule has 24 heavy (non-hydrogen) atoms. The molecule has 1 aliphatic rings. The molecule has 1 aliphatic heterocycles. The van der Waals surface area contributed by atoms with Crippen LogP contribution in [0.1, 0.15) is 10.5 Å². The molecule has 0 spiro atoms. The van der Waals surface area contributed by atoms with Crippen LogP contribution in [0.4, 0.5) is 0 Å². The van der Waals surface area contributed by atoms with Crippen LogP contribution in [0.2, 0.25) is 0 Å². The summed E-state index contributed by atoms with van der Waals surface area (Å²) in [5.74, 6) is -0.00851. The Labute approximate surface area is 140 Å². The number of aromatic nitrogens is 3. The highest BCUT2D eigenvalue weighted by molar-refractivity contribution is 5.93. The maximum Gasteiger partial charge on any atom is 0.274 e. The van der Waals surface area contributed by atoms with Gasteiger partial charge in [-0.05, 0) is 7.05 Å². The van der Waals surface area contributed by atoms with Crippen molar-refractivity contribution < 1.29 is 4.79 Å². The Morgan fingerprint density at radius 2 is 1.83 bits per heavy atom. The van der Waals surface area contributed by atoms with Gasteiger partial charge in [-0.2, -0.15) is 0 Å². The van der Waals surface area contributed by atoms with Gasteiger partial charge in [0.25, 0.3) is 5.91 Å². The van der Waals surface area contributed by atoms with Crippen molar-refractivity contribution in [2.75, 3.05) is 33.2 Å². The first-order valence-corrected chi connectivity index (χ1v) is 8.09. The number of benzene rings is 1. The third-order valence-electron chi connectivity index (χ3n) is 4.43. The lowest BCUT2D eigenvalue weighted by Gasteiger charge is -2.31. The number of imidazole rings is 1. The molecule has 4 rings (SSSR count). The zero-order valence-corrected chi connectivity index (χ0v) is 13.6. The Morgan fingerprint density at radius 1 is 1.08 bits per heavy atom. The number of carbonyl (C=O) groups excluding carboxylic acids is 1. The van der Waals surface area contributed by atoms with Crippen molar-refractivity contribution in [3.63, 3.8) is 0 Å². The number of fused-ring (bicyclic) bond motifs is 1. The molecule has 0 bridgehead atoms. The van der Waals surface area contributed by atoms with Gasteiger partial charge in [-0.25, -0.2) is 4.98 Å². The van der Waals surface area contributed by atoms with Crippen LogP contribution in [0.15, 0.2) is 48.9 Å². The normalized spacial score (nSPS) is 15.8. The predicted molar refractivity (Wildman–Crippen MR) is 91.8 cm³/mol. The van der Waals surface area contributed by atoms with Gasteiger partial charge in [0, 0.05) is 50.3 Å². The average molecular weight is 321 g/mol. The molecule has 0 N–H and O–H groups in total. The first-order valence-electron chi connectivity index (χ1n) is 8.09. The molecule has 3 aromatic rings. The Hall–Kier alpha value is -2.73. The molecular formula is C18H19N5O. The second-order valence-electron chi connectivity index (χ2n) is 6.09. The number of rotatable bonds is 2. The molecule has 0 aliphatic carbocycles. The van der Waals surface area contributed by atoms with E-state index in [9.17, 15) is 4.79 Å². The van der Waals surface area contributed by atoms with Gasteiger partial charge in [0.1, 0.15) is 11.4 Å². The first-order chi connectivity index (χ1) is 11.7. The number of hydrogen-bond acceptors (Lipinski definition) is 4. The second-order valence-corrected chi connectivity index (χ2v) is 6.09. The summed E-state index contributed by atoms with van der Waals surface area (Å²) in [4.78, 5) is 25.9. The maximum atomic E-state index is 12.7. The molecule has 1 aromatic carbocycles. The zero-order chi connectivity index (χ0) is 16.5. The summed E-state index contributed by atoms with van der Waals surface area (Å²) in [6.07, 6.45) is 5.36. The lowest BCUT2D eigenvalue weighted by molar-refractivity contribution is 0.0659. The third kappa shape index (κ3) is 2.65. The summed E-state index contributed by atoms with van der Waals surface area (Å²) in [5.41, 5.74) is 2.97. The largest absolute Gasteiger partial charge is 0.335 e. The van der Waals surface area contributed by atoms with Crippen molar-refractivity contribution in [1.29, 1.82) is 0 Å². The highest BCUT2D eigenvalue weighted by Gasteiger charge is 2.23. The molecule has 3 heterocycles. The third-order valence-corrected chi connectivity index (χ3v) is 4.43. The van der Waals surface area contributed by atoms with Gasteiger partial charge in [0.2, 0.25) is 0 Å². The lowest BCUT2D eigenvalue weighted by Crippen LogP contribution is -2.47. The molecule has 0 atom stereocenters. The molecule has 0 unspecified atom stereocenters. The lowest BCUT2D eigenvalue weighted by atomic mass is 10.1. The first kappa shape index (κ1) is 14.8. The number of carbonyl (C=O) groups is 1. The van der Waals surface area contributed by atoms with Crippen LogP contribution < -0.4 is 0 Å². The van der Waals surface area contributed by atoms with Gasteiger partial charge in [-0.15, -0.1) is 0 Å². The summed E-state index contributed by atoms with van der Waals surface area (Å²) in [5, 5.41) is 0. The number of amides is 1. The number of piperazine rings is 1. The molecule has 122 valence electrons. The number of hydrogen-bond donors (Lipinski definition) is 0. The summed E-state index contributed by atoms with van der Waals surface area (Å²) >= 11 is 0. The van der Waals surface area contributed by atoms with Crippen molar-refractivity contribution >= 4 is 11.6 Å². The van der Waals surface area contributed by atoms with E-state index in [1.165, 1.54) is 0 Å². The topological polar surface area (TPSA) is 53.7 Å². The van der Waals surface area contributed by atoms with Gasteiger partial charge in [-0.3, -0.25) is 9.78 Å². The maximum absolute atomic E-state index is 12.7. The zero-order valence-electron chi connectivity index (χ0n) is 13.6. The van der Waals surface area contributed by atoms with Gasteiger partial charge in [-0.1, -0.05) is 30.3 Å². The Morgan fingerprint density at radius 3 is 2.58 bits per heavy atom. The molecule has 1 saturated heterocycles. The van der Waals surface area contributed by atoms with Crippen LogP contribution >= 0.6 is 0 Å². The molecule has 6 heteroatoms.